The molecule has 1 saturated carbocycles. The molecule has 10 nitrogen and oxygen atoms in total. The molecule has 0 spiro atoms. The Morgan fingerprint density at radius 1 is 0.935 bits per heavy atom. The Kier molecular flexibility index (Phi) is 9.44. The van der Waals surface area contributed by atoms with E-state index in [0.29, 0.717) is 23.7 Å². The Morgan fingerprint density at radius 3 is 2.28 bits per heavy atom. The summed E-state index contributed by atoms with van der Waals surface area (Å²) in [7, 11) is 3.95. The second kappa shape index (κ2) is 13.7. The van der Waals surface area contributed by atoms with Crippen LogP contribution in [0.1, 0.15) is 84.7 Å². The number of hydrogen-bond acceptors (Lipinski definition) is 8. The number of benzene rings is 2. The van der Waals surface area contributed by atoms with E-state index in [4.69, 9.17) is 10.7 Å². The SMILES string of the molecule is CN(C)c1ccc(C(=O)N[C@@H]2CCCN(c3cnc(C(N)=O)c(Nc4ccc(C5(C)CCN(C6CCCC6)CC5)cc4)n3)C2)cc1. The highest BCUT2D eigenvalue weighted by atomic mass is 16.2. The number of carbonyl (C=O) groups is 2. The fraction of sp³-hybridized carbons (Fsp3) is 0.500. The third-order valence-corrected chi connectivity index (χ3v) is 10.3. The van der Waals surface area contributed by atoms with Crippen LogP contribution in [0.4, 0.5) is 23.0 Å². The van der Waals surface area contributed by atoms with Crippen molar-refractivity contribution in [1.82, 2.24) is 20.2 Å². The summed E-state index contributed by atoms with van der Waals surface area (Å²) < 4.78 is 0. The number of likely N-dealkylation sites (tertiary alicyclic amines) is 1. The van der Waals surface area contributed by atoms with Gasteiger partial charge in [-0.2, -0.15) is 0 Å². The van der Waals surface area contributed by atoms with Crippen LogP contribution in [-0.4, -0.2) is 79.0 Å². The van der Waals surface area contributed by atoms with Gasteiger partial charge in [-0.3, -0.25) is 9.59 Å². The summed E-state index contributed by atoms with van der Waals surface area (Å²) in [5, 5.41) is 6.50. The summed E-state index contributed by atoms with van der Waals surface area (Å²) in [4.78, 5) is 41.3. The molecule has 3 fully saturated rings. The smallest absolute Gasteiger partial charge is 0.271 e. The standard InChI is InChI=1S/C36H48N8O2/c1-36(18-21-43(22-19-36)30-8-4-5-9-30)26-12-14-27(15-13-26)39-34-32(33(37)45)38-23-31(41-34)44-20-6-7-28(24-44)40-35(46)25-10-16-29(17-11-25)42(2)3/h10-17,23,28,30H,4-9,18-22,24H2,1-3H3,(H2,37,45)(H,39,41)(H,40,46)/t28-/m1/s1. The van der Waals surface area contributed by atoms with Crippen LogP contribution in [0.5, 0.6) is 0 Å². The van der Waals surface area contributed by atoms with Crippen molar-refractivity contribution < 1.29 is 9.59 Å². The molecule has 1 aliphatic carbocycles. The molecule has 46 heavy (non-hydrogen) atoms. The lowest BCUT2D eigenvalue weighted by Gasteiger charge is -2.42. The van der Waals surface area contributed by atoms with E-state index in [1.807, 2.05) is 43.3 Å². The average molecular weight is 625 g/mol. The molecule has 3 aromatic rings. The first kappa shape index (κ1) is 31.8. The number of piperidine rings is 2. The number of carbonyl (C=O) groups excluding carboxylic acids is 2. The predicted molar refractivity (Wildman–Crippen MR) is 184 cm³/mol. The summed E-state index contributed by atoms with van der Waals surface area (Å²) in [6, 6.07) is 16.8. The molecule has 0 unspecified atom stereocenters. The van der Waals surface area contributed by atoms with E-state index < -0.39 is 5.91 Å². The largest absolute Gasteiger partial charge is 0.378 e. The van der Waals surface area contributed by atoms with Gasteiger partial charge in [0, 0.05) is 56.2 Å². The van der Waals surface area contributed by atoms with Crippen molar-refractivity contribution in [2.45, 2.75) is 75.8 Å². The van der Waals surface area contributed by atoms with Crippen LogP contribution < -0.4 is 26.2 Å². The van der Waals surface area contributed by atoms with Gasteiger partial charge in [0.25, 0.3) is 11.8 Å². The molecule has 0 radical (unpaired) electrons. The van der Waals surface area contributed by atoms with Crippen LogP contribution in [0.3, 0.4) is 0 Å². The van der Waals surface area contributed by atoms with Crippen molar-refractivity contribution in [3.8, 4) is 0 Å². The van der Waals surface area contributed by atoms with E-state index in [2.05, 4.69) is 56.6 Å². The van der Waals surface area contributed by atoms with Gasteiger partial charge in [-0.1, -0.05) is 31.9 Å². The highest BCUT2D eigenvalue weighted by Crippen LogP contribution is 2.38. The maximum Gasteiger partial charge on any atom is 0.271 e. The third kappa shape index (κ3) is 7.12. The minimum Gasteiger partial charge on any atom is -0.378 e. The Morgan fingerprint density at radius 2 is 1.63 bits per heavy atom. The first-order chi connectivity index (χ1) is 22.2. The topological polar surface area (TPSA) is 120 Å². The highest BCUT2D eigenvalue weighted by Gasteiger charge is 2.35. The number of amides is 2. The zero-order valence-corrected chi connectivity index (χ0v) is 27.5. The minimum absolute atomic E-state index is 0.0391. The monoisotopic (exact) mass is 624 g/mol. The molecule has 1 aromatic heterocycles. The van der Waals surface area contributed by atoms with Crippen molar-refractivity contribution in [3.63, 3.8) is 0 Å². The van der Waals surface area contributed by atoms with Gasteiger partial charge in [0.2, 0.25) is 0 Å². The van der Waals surface area contributed by atoms with Crippen LogP contribution in [0, 0.1) is 0 Å². The number of nitrogens with two attached hydrogens (primary N) is 1. The molecule has 2 amide bonds. The van der Waals surface area contributed by atoms with Crippen LogP contribution in [0.25, 0.3) is 0 Å². The van der Waals surface area contributed by atoms with Gasteiger partial charge in [0.05, 0.1) is 6.20 Å². The normalized spacial score (nSPS) is 20.3. The minimum atomic E-state index is -0.635. The molecule has 3 aliphatic rings. The van der Waals surface area contributed by atoms with Gasteiger partial charge in [-0.05, 0) is 99.0 Å². The second-order valence-corrected chi connectivity index (χ2v) is 13.7. The van der Waals surface area contributed by atoms with Gasteiger partial charge >= 0.3 is 0 Å². The van der Waals surface area contributed by atoms with Gasteiger partial charge in [-0.25, -0.2) is 9.97 Å². The molecule has 2 aliphatic heterocycles. The Labute approximate surface area is 272 Å². The first-order valence-corrected chi connectivity index (χ1v) is 16.8. The number of primary amides is 1. The fourth-order valence-corrected chi connectivity index (χ4v) is 7.32. The summed E-state index contributed by atoms with van der Waals surface area (Å²) in [6.07, 6.45) is 11.2. The second-order valence-electron chi connectivity index (χ2n) is 13.7. The van der Waals surface area contributed by atoms with Crippen molar-refractivity contribution in [2.75, 3.05) is 55.4 Å². The van der Waals surface area contributed by atoms with Gasteiger partial charge < -0.3 is 31.1 Å². The Bertz CT molecular complexity index is 1510. The summed E-state index contributed by atoms with van der Waals surface area (Å²) in [5.74, 6) is 0.246. The molecule has 10 heteroatoms. The molecular weight excluding hydrogens is 576 g/mol. The summed E-state index contributed by atoms with van der Waals surface area (Å²) in [6.45, 7) is 6.08. The van der Waals surface area contributed by atoms with Crippen LogP contribution in [0.15, 0.2) is 54.7 Å². The molecule has 6 rings (SSSR count). The fourth-order valence-electron chi connectivity index (χ4n) is 7.32. The molecule has 4 N–H and O–H groups in total. The van der Waals surface area contributed by atoms with E-state index in [9.17, 15) is 9.59 Å². The van der Waals surface area contributed by atoms with Crippen LogP contribution in [-0.2, 0) is 5.41 Å². The molecule has 0 bridgehead atoms. The molecule has 2 aromatic carbocycles. The summed E-state index contributed by atoms with van der Waals surface area (Å²) in [5.41, 5.74) is 9.80. The molecule has 3 heterocycles. The van der Waals surface area contributed by atoms with Gasteiger partial charge in [0.1, 0.15) is 5.82 Å². The van der Waals surface area contributed by atoms with Gasteiger partial charge in [0.15, 0.2) is 11.5 Å². The lowest BCUT2D eigenvalue weighted by Crippen LogP contribution is -2.48. The maximum absolute atomic E-state index is 13.0. The number of anilines is 4. The van der Waals surface area contributed by atoms with Crippen molar-refractivity contribution in [3.05, 3.63) is 71.5 Å². The van der Waals surface area contributed by atoms with Crippen molar-refractivity contribution in [1.29, 1.82) is 0 Å². The number of nitrogens with zero attached hydrogens (tertiary/aromatic N) is 5. The van der Waals surface area contributed by atoms with E-state index in [1.165, 1.54) is 31.2 Å². The van der Waals surface area contributed by atoms with E-state index in [-0.39, 0.29) is 23.1 Å². The molecular formula is C36H48N8O2. The number of hydrogen-bond donors (Lipinski definition) is 3. The van der Waals surface area contributed by atoms with Crippen LogP contribution >= 0.6 is 0 Å². The first-order valence-electron chi connectivity index (χ1n) is 16.8. The van der Waals surface area contributed by atoms with Crippen LogP contribution in [0.2, 0.25) is 0 Å². The third-order valence-electron chi connectivity index (χ3n) is 10.3. The molecule has 2 saturated heterocycles. The Hall–Kier alpha value is -4.18. The number of rotatable bonds is 9. The zero-order valence-electron chi connectivity index (χ0n) is 27.5. The summed E-state index contributed by atoms with van der Waals surface area (Å²) >= 11 is 0. The highest BCUT2D eigenvalue weighted by molar-refractivity contribution is 5.96. The molecule has 244 valence electrons. The van der Waals surface area contributed by atoms with Crippen molar-refractivity contribution in [2.24, 2.45) is 5.73 Å². The number of aromatic nitrogens is 2. The van der Waals surface area contributed by atoms with E-state index in [0.717, 1.165) is 62.7 Å². The maximum atomic E-state index is 13.0. The zero-order chi connectivity index (χ0) is 32.3. The number of nitrogens with one attached hydrogen (secondary N) is 2. The lowest BCUT2D eigenvalue weighted by molar-refractivity contribution is 0.0932. The predicted octanol–water partition coefficient (Wildman–Crippen LogP) is 5.08. The van der Waals surface area contributed by atoms with E-state index in [1.54, 1.807) is 6.20 Å². The van der Waals surface area contributed by atoms with Gasteiger partial charge in [-0.15, -0.1) is 0 Å². The average Bonchev–Trinajstić information content (AvgIpc) is 3.61. The Balaban J connectivity index is 1.11. The lowest BCUT2D eigenvalue weighted by atomic mass is 9.74. The van der Waals surface area contributed by atoms with Crippen molar-refractivity contribution >= 4 is 34.8 Å². The quantitative estimate of drug-likeness (QED) is 0.302. The molecule has 1 atom stereocenters. The van der Waals surface area contributed by atoms with E-state index >= 15 is 0 Å².